The summed E-state index contributed by atoms with van der Waals surface area (Å²) in [5.74, 6) is 0.785. The Morgan fingerprint density at radius 1 is 1.26 bits per heavy atom. The molecule has 0 aliphatic carbocycles. The number of nitrogens with one attached hydrogen (secondary N) is 1. The van der Waals surface area contributed by atoms with E-state index < -0.39 is 0 Å². The summed E-state index contributed by atoms with van der Waals surface area (Å²) in [6.07, 6.45) is 1.88. The lowest BCUT2D eigenvalue weighted by atomic mass is 9.86. The molecule has 2 aromatic rings. The minimum atomic E-state index is 0.0109. The van der Waals surface area contributed by atoms with Gasteiger partial charge in [-0.05, 0) is 18.5 Å². The average Bonchev–Trinajstić information content (AvgIpc) is 2.76. The summed E-state index contributed by atoms with van der Waals surface area (Å²) in [5.41, 5.74) is 1.96. The smallest absolute Gasteiger partial charge is 0.399 e. The summed E-state index contributed by atoms with van der Waals surface area (Å²) >= 11 is 0. The molecule has 1 N–H and O–H groups in total. The van der Waals surface area contributed by atoms with Crippen LogP contribution in [0.2, 0.25) is 0 Å². The van der Waals surface area contributed by atoms with Gasteiger partial charge in [-0.3, -0.25) is 0 Å². The Hall–Kier alpha value is -1.81. The van der Waals surface area contributed by atoms with Gasteiger partial charge >= 0.3 is 6.08 Å². The van der Waals surface area contributed by atoms with Crippen LogP contribution in [0, 0.1) is 0 Å². The highest BCUT2D eigenvalue weighted by Gasteiger charge is 2.19. The van der Waals surface area contributed by atoms with Crippen molar-refractivity contribution in [3.63, 3.8) is 0 Å². The van der Waals surface area contributed by atoms with Crippen molar-refractivity contribution in [3.05, 3.63) is 41.8 Å². The molecule has 4 nitrogen and oxygen atoms in total. The molecule has 0 aliphatic rings. The van der Waals surface area contributed by atoms with Crippen LogP contribution >= 0.6 is 0 Å². The number of ether oxygens (including phenoxy) is 1. The quantitative estimate of drug-likeness (QED) is 0.914. The molecule has 0 fully saturated rings. The SMILES string of the molecule is CNCc1coc(Oc2ccccc2C(C)(C)C)n1. The van der Waals surface area contributed by atoms with E-state index in [0.717, 1.165) is 17.0 Å². The van der Waals surface area contributed by atoms with E-state index in [1.54, 1.807) is 6.26 Å². The van der Waals surface area contributed by atoms with Gasteiger partial charge in [-0.1, -0.05) is 39.0 Å². The number of benzene rings is 1. The van der Waals surface area contributed by atoms with E-state index >= 15 is 0 Å². The molecule has 0 saturated carbocycles. The summed E-state index contributed by atoms with van der Waals surface area (Å²) in [6.45, 7) is 7.11. The van der Waals surface area contributed by atoms with E-state index in [1.807, 2.05) is 25.2 Å². The zero-order chi connectivity index (χ0) is 13.9. The van der Waals surface area contributed by atoms with Crippen LogP contribution in [-0.2, 0) is 12.0 Å². The Labute approximate surface area is 113 Å². The first-order valence-corrected chi connectivity index (χ1v) is 6.37. The second kappa shape index (κ2) is 5.45. The maximum atomic E-state index is 5.76. The monoisotopic (exact) mass is 260 g/mol. The molecule has 0 atom stereocenters. The Morgan fingerprint density at radius 3 is 2.68 bits per heavy atom. The van der Waals surface area contributed by atoms with Gasteiger partial charge in [0.1, 0.15) is 12.0 Å². The van der Waals surface area contributed by atoms with E-state index in [-0.39, 0.29) is 11.5 Å². The number of hydrogen-bond donors (Lipinski definition) is 1. The summed E-state index contributed by atoms with van der Waals surface area (Å²) in [7, 11) is 1.87. The van der Waals surface area contributed by atoms with Gasteiger partial charge in [0, 0.05) is 12.1 Å². The molecule has 102 valence electrons. The Bertz CT molecular complexity index is 541. The molecule has 0 radical (unpaired) electrons. The zero-order valence-corrected chi connectivity index (χ0v) is 11.9. The first kappa shape index (κ1) is 13.6. The normalized spacial score (nSPS) is 11.6. The van der Waals surface area contributed by atoms with Crippen LogP contribution in [0.25, 0.3) is 0 Å². The third-order valence-electron chi connectivity index (χ3n) is 2.78. The van der Waals surface area contributed by atoms with Crippen molar-refractivity contribution in [2.24, 2.45) is 0 Å². The molecule has 0 unspecified atom stereocenters. The number of hydrogen-bond acceptors (Lipinski definition) is 4. The van der Waals surface area contributed by atoms with Gasteiger partial charge in [-0.25, -0.2) is 0 Å². The van der Waals surface area contributed by atoms with Crippen LogP contribution in [0.1, 0.15) is 32.0 Å². The van der Waals surface area contributed by atoms with Crippen LogP contribution in [0.3, 0.4) is 0 Å². The highest BCUT2D eigenvalue weighted by atomic mass is 16.6. The van der Waals surface area contributed by atoms with Crippen molar-refractivity contribution in [1.29, 1.82) is 0 Å². The van der Waals surface area contributed by atoms with Gasteiger partial charge in [0.2, 0.25) is 0 Å². The van der Waals surface area contributed by atoms with Gasteiger partial charge < -0.3 is 14.5 Å². The first-order chi connectivity index (χ1) is 9.00. The molecule has 0 amide bonds. The number of oxazole rings is 1. The standard InChI is InChI=1S/C15H20N2O2/c1-15(2,3)12-7-5-6-8-13(12)19-14-17-11(9-16-4)10-18-14/h5-8,10,16H,9H2,1-4H3. The van der Waals surface area contributed by atoms with Crippen molar-refractivity contribution in [2.45, 2.75) is 32.7 Å². The fourth-order valence-corrected chi connectivity index (χ4v) is 1.87. The molecular formula is C15H20N2O2. The fourth-order valence-electron chi connectivity index (χ4n) is 1.87. The molecule has 1 aromatic heterocycles. The molecule has 2 rings (SSSR count). The molecule has 1 aromatic carbocycles. The summed E-state index contributed by atoms with van der Waals surface area (Å²) in [5, 5.41) is 3.02. The second-order valence-corrected chi connectivity index (χ2v) is 5.48. The van der Waals surface area contributed by atoms with Crippen LogP contribution in [0.15, 0.2) is 34.9 Å². The third-order valence-corrected chi connectivity index (χ3v) is 2.78. The van der Waals surface area contributed by atoms with Gasteiger partial charge in [0.25, 0.3) is 0 Å². The predicted molar refractivity (Wildman–Crippen MR) is 74.5 cm³/mol. The van der Waals surface area contributed by atoms with E-state index in [1.165, 1.54) is 0 Å². The molecule has 4 heteroatoms. The number of aromatic nitrogens is 1. The van der Waals surface area contributed by atoms with Gasteiger partial charge in [0.05, 0.1) is 5.69 Å². The Morgan fingerprint density at radius 2 is 2.00 bits per heavy atom. The minimum absolute atomic E-state index is 0.0109. The van der Waals surface area contributed by atoms with Crippen molar-refractivity contribution in [2.75, 3.05) is 7.05 Å². The number of para-hydroxylation sites is 1. The van der Waals surface area contributed by atoms with Crippen LogP contribution in [0.5, 0.6) is 11.8 Å². The highest BCUT2D eigenvalue weighted by Crippen LogP contribution is 2.33. The second-order valence-electron chi connectivity index (χ2n) is 5.48. The fraction of sp³-hybridized carbons (Fsp3) is 0.400. The molecule has 0 saturated heterocycles. The molecule has 0 spiro atoms. The average molecular weight is 260 g/mol. The Balaban J connectivity index is 2.23. The lowest BCUT2D eigenvalue weighted by Gasteiger charge is -2.21. The topological polar surface area (TPSA) is 47.3 Å². The van der Waals surface area contributed by atoms with Crippen LogP contribution in [-0.4, -0.2) is 12.0 Å². The van der Waals surface area contributed by atoms with E-state index in [0.29, 0.717) is 6.54 Å². The predicted octanol–water partition coefficient (Wildman–Crippen LogP) is 3.48. The van der Waals surface area contributed by atoms with E-state index in [2.05, 4.69) is 37.1 Å². The molecule has 19 heavy (non-hydrogen) atoms. The van der Waals surface area contributed by atoms with Gasteiger partial charge in [-0.2, -0.15) is 4.98 Å². The molecule has 0 aliphatic heterocycles. The molecule has 0 bridgehead atoms. The van der Waals surface area contributed by atoms with Crippen molar-refractivity contribution < 1.29 is 9.15 Å². The summed E-state index contributed by atoms with van der Waals surface area (Å²) < 4.78 is 11.1. The van der Waals surface area contributed by atoms with E-state index in [9.17, 15) is 0 Å². The molecular weight excluding hydrogens is 240 g/mol. The maximum absolute atomic E-state index is 5.76. The summed E-state index contributed by atoms with van der Waals surface area (Å²) in [6, 6.07) is 7.95. The van der Waals surface area contributed by atoms with Crippen molar-refractivity contribution >= 4 is 0 Å². The molecule has 1 heterocycles. The first-order valence-electron chi connectivity index (χ1n) is 6.37. The van der Waals surface area contributed by atoms with Gasteiger partial charge in [0.15, 0.2) is 0 Å². The largest absolute Gasteiger partial charge is 0.417 e. The number of nitrogens with zero attached hydrogens (tertiary/aromatic N) is 1. The van der Waals surface area contributed by atoms with Crippen LogP contribution < -0.4 is 10.1 Å². The minimum Gasteiger partial charge on any atom is -0.417 e. The lowest BCUT2D eigenvalue weighted by molar-refractivity contribution is 0.324. The van der Waals surface area contributed by atoms with E-state index in [4.69, 9.17) is 9.15 Å². The summed E-state index contributed by atoms with van der Waals surface area (Å²) in [4.78, 5) is 4.27. The Kier molecular flexibility index (Phi) is 3.90. The third kappa shape index (κ3) is 3.35. The zero-order valence-electron chi connectivity index (χ0n) is 11.9. The van der Waals surface area contributed by atoms with Crippen molar-refractivity contribution in [3.8, 4) is 11.8 Å². The number of rotatable bonds is 4. The van der Waals surface area contributed by atoms with Gasteiger partial charge in [-0.15, -0.1) is 0 Å². The maximum Gasteiger partial charge on any atom is 0.399 e. The van der Waals surface area contributed by atoms with Crippen LogP contribution in [0.4, 0.5) is 0 Å². The lowest BCUT2D eigenvalue weighted by Crippen LogP contribution is -2.12. The van der Waals surface area contributed by atoms with Crippen molar-refractivity contribution in [1.82, 2.24) is 10.3 Å². The highest BCUT2D eigenvalue weighted by molar-refractivity contribution is 5.39.